The third kappa shape index (κ3) is 5.17. The zero-order valence-electron chi connectivity index (χ0n) is 18.8. The van der Waals surface area contributed by atoms with Crippen LogP contribution < -0.4 is 11.1 Å². The Bertz CT molecular complexity index is 1010. The lowest BCUT2D eigenvalue weighted by Crippen LogP contribution is -2.58. The summed E-state index contributed by atoms with van der Waals surface area (Å²) in [5.74, 6) is 0.478. The molecule has 6 nitrogen and oxygen atoms in total. The minimum atomic E-state index is -3.61. The Morgan fingerprint density at radius 1 is 0.903 bits per heavy atom. The molecule has 0 bridgehead atoms. The molecule has 1 heterocycles. The summed E-state index contributed by atoms with van der Waals surface area (Å²) >= 11 is 0. The van der Waals surface area contributed by atoms with Gasteiger partial charge in [-0.15, -0.1) is 0 Å². The van der Waals surface area contributed by atoms with Crippen LogP contribution in [0.2, 0.25) is 0 Å². The van der Waals surface area contributed by atoms with Crippen LogP contribution in [0.3, 0.4) is 0 Å². The van der Waals surface area contributed by atoms with E-state index in [1.165, 1.54) is 9.87 Å². The highest BCUT2D eigenvalue weighted by Gasteiger charge is 2.41. The number of sulfonamides is 1. The number of rotatable bonds is 6. The fraction of sp³-hybridized carbons (Fsp3) is 0.458. The van der Waals surface area contributed by atoms with Crippen molar-refractivity contribution in [1.82, 2.24) is 4.31 Å². The summed E-state index contributed by atoms with van der Waals surface area (Å²) < 4.78 is 27.4. The van der Waals surface area contributed by atoms with Gasteiger partial charge in [0.05, 0.1) is 10.4 Å². The second-order valence-corrected chi connectivity index (χ2v) is 11.0. The van der Waals surface area contributed by atoms with Crippen LogP contribution in [0.4, 0.5) is 5.69 Å². The van der Waals surface area contributed by atoms with Crippen molar-refractivity contribution in [2.75, 3.05) is 18.4 Å². The fourth-order valence-corrected chi connectivity index (χ4v) is 5.17. The molecule has 0 aromatic heterocycles. The van der Waals surface area contributed by atoms with Gasteiger partial charge in [-0.1, -0.05) is 52.0 Å². The van der Waals surface area contributed by atoms with Gasteiger partial charge in [0.2, 0.25) is 15.9 Å². The third-order valence-electron chi connectivity index (χ3n) is 6.09. The van der Waals surface area contributed by atoms with E-state index in [1.807, 2.05) is 36.4 Å². The summed E-state index contributed by atoms with van der Waals surface area (Å²) in [6.45, 7) is 8.79. The number of piperidine rings is 1. The molecule has 7 heteroatoms. The van der Waals surface area contributed by atoms with E-state index in [1.54, 1.807) is 12.1 Å². The minimum Gasteiger partial charge on any atom is -0.324 e. The van der Waals surface area contributed by atoms with Crippen molar-refractivity contribution in [2.24, 2.45) is 5.73 Å². The molecule has 0 unspecified atom stereocenters. The molecule has 0 spiro atoms. The lowest BCUT2D eigenvalue weighted by molar-refractivity contribution is -0.122. The zero-order valence-corrected chi connectivity index (χ0v) is 19.6. The quantitative estimate of drug-likeness (QED) is 0.704. The maximum absolute atomic E-state index is 13.0. The Balaban J connectivity index is 1.64. The SMILES string of the molecule is CC(C)c1ccc(NC(=O)C2(N)CCN(S(=O)(=O)c3ccc(C(C)C)cc3)CC2)cc1. The zero-order chi connectivity index (χ0) is 22.8. The maximum Gasteiger partial charge on any atom is 0.244 e. The fourth-order valence-electron chi connectivity index (χ4n) is 3.73. The molecular weight excluding hydrogens is 410 g/mol. The van der Waals surface area contributed by atoms with E-state index in [0.29, 0.717) is 17.5 Å². The van der Waals surface area contributed by atoms with E-state index in [0.717, 1.165) is 5.56 Å². The molecule has 1 saturated heterocycles. The van der Waals surface area contributed by atoms with Gasteiger partial charge < -0.3 is 11.1 Å². The lowest BCUT2D eigenvalue weighted by atomic mass is 9.88. The van der Waals surface area contributed by atoms with Gasteiger partial charge in [-0.3, -0.25) is 4.79 Å². The van der Waals surface area contributed by atoms with Crippen LogP contribution in [-0.4, -0.2) is 37.3 Å². The number of amides is 1. The van der Waals surface area contributed by atoms with Crippen molar-refractivity contribution in [1.29, 1.82) is 0 Å². The summed E-state index contributed by atoms with van der Waals surface area (Å²) in [5, 5.41) is 2.89. The topological polar surface area (TPSA) is 92.5 Å². The van der Waals surface area contributed by atoms with Crippen LogP contribution in [0.5, 0.6) is 0 Å². The molecule has 2 aromatic carbocycles. The molecule has 1 fully saturated rings. The smallest absolute Gasteiger partial charge is 0.244 e. The van der Waals surface area contributed by atoms with Crippen LogP contribution in [0.15, 0.2) is 53.4 Å². The van der Waals surface area contributed by atoms with Crippen LogP contribution in [-0.2, 0) is 14.8 Å². The number of carbonyl (C=O) groups is 1. The van der Waals surface area contributed by atoms with Crippen LogP contribution in [0, 0.1) is 0 Å². The van der Waals surface area contributed by atoms with Gasteiger partial charge in [0, 0.05) is 18.8 Å². The average molecular weight is 444 g/mol. The molecule has 0 saturated carbocycles. The first kappa shape index (κ1) is 23.4. The number of carbonyl (C=O) groups excluding carboxylic acids is 1. The Morgan fingerprint density at radius 2 is 1.35 bits per heavy atom. The molecule has 31 heavy (non-hydrogen) atoms. The van der Waals surface area contributed by atoms with Crippen molar-refractivity contribution < 1.29 is 13.2 Å². The van der Waals surface area contributed by atoms with E-state index in [2.05, 4.69) is 33.0 Å². The van der Waals surface area contributed by atoms with Gasteiger partial charge in [-0.25, -0.2) is 8.42 Å². The average Bonchev–Trinajstić information content (AvgIpc) is 2.74. The predicted molar refractivity (Wildman–Crippen MR) is 125 cm³/mol. The van der Waals surface area contributed by atoms with Crippen LogP contribution in [0.1, 0.15) is 63.5 Å². The van der Waals surface area contributed by atoms with Crippen molar-refractivity contribution >= 4 is 21.6 Å². The standard InChI is InChI=1S/C24H33N3O3S/c1-17(2)19-5-9-21(10-6-19)26-23(28)24(25)13-15-27(16-14-24)31(29,30)22-11-7-20(8-12-22)18(3)4/h5-12,17-18H,13-16,25H2,1-4H3,(H,26,28). The van der Waals surface area contributed by atoms with E-state index in [9.17, 15) is 13.2 Å². The van der Waals surface area contributed by atoms with Gasteiger partial charge in [-0.2, -0.15) is 4.31 Å². The first-order valence-corrected chi connectivity index (χ1v) is 12.3. The number of benzene rings is 2. The molecule has 1 aliphatic heterocycles. The molecule has 0 radical (unpaired) electrons. The number of hydrogen-bond donors (Lipinski definition) is 2. The maximum atomic E-state index is 13.0. The number of nitrogens with zero attached hydrogens (tertiary/aromatic N) is 1. The van der Waals surface area contributed by atoms with E-state index in [-0.39, 0.29) is 36.7 Å². The van der Waals surface area contributed by atoms with E-state index >= 15 is 0 Å². The first-order chi connectivity index (χ1) is 14.5. The van der Waals surface area contributed by atoms with Crippen LogP contribution >= 0.6 is 0 Å². The van der Waals surface area contributed by atoms with Crippen molar-refractivity contribution in [2.45, 2.75) is 62.8 Å². The molecule has 168 valence electrons. The lowest BCUT2D eigenvalue weighted by Gasteiger charge is -2.37. The Morgan fingerprint density at radius 3 is 1.81 bits per heavy atom. The monoisotopic (exact) mass is 443 g/mol. The molecule has 3 rings (SSSR count). The second-order valence-electron chi connectivity index (χ2n) is 9.01. The second kappa shape index (κ2) is 9.10. The number of nitrogens with two attached hydrogens (primary N) is 1. The summed E-state index contributed by atoms with van der Waals surface area (Å²) in [6.07, 6.45) is 0.540. The largest absolute Gasteiger partial charge is 0.324 e. The Hall–Kier alpha value is -2.22. The molecule has 1 aliphatic rings. The Labute approximate surface area is 185 Å². The molecule has 0 atom stereocenters. The summed E-state index contributed by atoms with van der Waals surface area (Å²) in [7, 11) is -3.61. The Kier molecular flexibility index (Phi) is 6.88. The van der Waals surface area contributed by atoms with Crippen LogP contribution in [0.25, 0.3) is 0 Å². The van der Waals surface area contributed by atoms with Gasteiger partial charge in [0.1, 0.15) is 0 Å². The third-order valence-corrected chi connectivity index (χ3v) is 8.00. The molecule has 1 amide bonds. The minimum absolute atomic E-state index is 0.213. The highest BCUT2D eigenvalue weighted by atomic mass is 32.2. The normalized spacial score (nSPS) is 17.1. The van der Waals surface area contributed by atoms with Gasteiger partial charge in [0.25, 0.3) is 0 Å². The summed E-state index contributed by atoms with van der Waals surface area (Å²) in [4.78, 5) is 13.1. The van der Waals surface area contributed by atoms with Crippen molar-refractivity contribution in [3.8, 4) is 0 Å². The molecule has 0 aliphatic carbocycles. The van der Waals surface area contributed by atoms with Gasteiger partial charge >= 0.3 is 0 Å². The van der Waals surface area contributed by atoms with Gasteiger partial charge in [-0.05, 0) is 60.1 Å². The predicted octanol–water partition coefficient (Wildman–Crippen LogP) is 4.05. The molecule has 2 aromatic rings. The van der Waals surface area contributed by atoms with E-state index < -0.39 is 15.6 Å². The number of anilines is 1. The van der Waals surface area contributed by atoms with E-state index in [4.69, 9.17) is 5.73 Å². The molecule has 3 N–H and O–H groups in total. The van der Waals surface area contributed by atoms with Crippen molar-refractivity contribution in [3.05, 3.63) is 59.7 Å². The summed E-state index contributed by atoms with van der Waals surface area (Å²) in [5.41, 5.74) is 8.28. The highest BCUT2D eigenvalue weighted by Crippen LogP contribution is 2.27. The van der Waals surface area contributed by atoms with Gasteiger partial charge in [0.15, 0.2) is 0 Å². The summed E-state index contributed by atoms with van der Waals surface area (Å²) in [6, 6.07) is 14.7. The van der Waals surface area contributed by atoms with Crippen molar-refractivity contribution in [3.63, 3.8) is 0 Å². The highest BCUT2D eigenvalue weighted by molar-refractivity contribution is 7.89. The first-order valence-electron chi connectivity index (χ1n) is 10.8. The number of hydrogen-bond acceptors (Lipinski definition) is 4. The number of nitrogens with one attached hydrogen (secondary N) is 1. The molecular formula is C24H33N3O3S.